The van der Waals surface area contributed by atoms with Crippen LogP contribution in [0.2, 0.25) is 0 Å². The number of sulfonamides is 1. The van der Waals surface area contributed by atoms with Crippen molar-refractivity contribution in [2.45, 2.75) is 6.54 Å². The average molecular weight is 530 g/mol. The van der Waals surface area contributed by atoms with E-state index in [1.165, 1.54) is 18.3 Å². The van der Waals surface area contributed by atoms with Crippen LogP contribution in [-0.2, 0) is 16.6 Å². The van der Waals surface area contributed by atoms with Gasteiger partial charge in [0.15, 0.2) is 5.65 Å². The lowest BCUT2D eigenvalue weighted by Crippen LogP contribution is -2.21. The highest BCUT2D eigenvalue weighted by atomic mass is 32.2. The molecular formula is C26H20FN7O3S. The number of rotatable bonds is 6. The fourth-order valence-electron chi connectivity index (χ4n) is 4.39. The second-order valence-electron chi connectivity index (χ2n) is 8.90. The van der Waals surface area contributed by atoms with Crippen LogP contribution >= 0.6 is 0 Å². The number of nitrogens with one attached hydrogen (secondary N) is 3. The molecule has 0 unspecified atom stereocenters. The van der Waals surface area contributed by atoms with E-state index in [9.17, 15) is 17.9 Å². The molecule has 0 bridgehead atoms. The number of aromatic amines is 2. The first-order chi connectivity index (χ1) is 18.2. The number of halogens is 1. The van der Waals surface area contributed by atoms with Gasteiger partial charge in [0.1, 0.15) is 11.6 Å². The van der Waals surface area contributed by atoms with E-state index < -0.39 is 15.8 Å². The van der Waals surface area contributed by atoms with Gasteiger partial charge >= 0.3 is 0 Å². The Morgan fingerprint density at radius 3 is 2.55 bits per heavy atom. The minimum Gasteiger partial charge on any atom is -0.506 e. The lowest BCUT2D eigenvalue weighted by Gasteiger charge is -2.08. The monoisotopic (exact) mass is 529 g/mol. The molecule has 0 saturated heterocycles. The fourth-order valence-corrected chi connectivity index (χ4v) is 4.82. The van der Waals surface area contributed by atoms with Crippen LogP contribution in [0.15, 0.2) is 67.4 Å². The zero-order valence-corrected chi connectivity index (χ0v) is 20.7. The highest BCUT2D eigenvalue weighted by Gasteiger charge is 2.16. The Morgan fingerprint density at radius 1 is 0.921 bits per heavy atom. The van der Waals surface area contributed by atoms with Crippen LogP contribution < -0.4 is 4.72 Å². The molecule has 6 aromatic rings. The summed E-state index contributed by atoms with van der Waals surface area (Å²) in [7, 11) is -3.43. The molecule has 6 rings (SSSR count). The van der Waals surface area contributed by atoms with Crippen LogP contribution in [0.25, 0.3) is 55.6 Å². The predicted octanol–water partition coefficient (Wildman–Crippen LogP) is 4.12. The summed E-state index contributed by atoms with van der Waals surface area (Å²) in [5.41, 5.74) is 5.86. The summed E-state index contributed by atoms with van der Waals surface area (Å²) >= 11 is 0. The minimum absolute atomic E-state index is 0.0322. The summed E-state index contributed by atoms with van der Waals surface area (Å²) in [6.45, 7) is -0.0322. The maximum atomic E-state index is 14.5. The summed E-state index contributed by atoms with van der Waals surface area (Å²) in [6.07, 6.45) is 9.03. The number of H-pyrrole nitrogens is 2. The molecule has 5 heterocycles. The van der Waals surface area contributed by atoms with E-state index in [0.29, 0.717) is 33.6 Å². The minimum atomic E-state index is -3.43. The quantitative estimate of drug-likeness (QED) is 0.253. The molecule has 0 aliphatic rings. The maximum absolute atomic E-state index is 14.5. The summed E-state index contributed by atoms with van der Waals surface area (Å²) < 4.78 is 39.9. The Hall–Kier alpha value is -4.68. The molecule has 0 spiro atoms. The zero-order valence-electron chi connectivity index (χ0n) is 19.9. The van der Waals surface area contributed by atoms with Gasteiger partial charge in [-0.2, -0.15) is 5.10 Å². The van der Waals surface area contributed by atoms with Gasteiger partial charge < -0.3 is 10.1 Å². The molecule has 0 fully saturated rings. The van der Waals surface area contributed by atoms with E-state index in [0.717, 1.165) is 33.8 Å². The van der Waals surface area contributed by atoms with Gasteiger partial charge in [-0.3, -0.25) is 15.1 Å². The third kappa shape index (κ3) is 4.58. The molecule has 0 amide bonds. The molecule has 12 heteroatoms. The molecule has 0 aliphatic heterocycles. The molecular weight excluding hydrogens is 509 g/mol. The van der Waals surface area contributed by atoms with Gasteiger partial charge in [0.25, 0.3) is 0 Å². The number of aromatic hydroxyl groups is 1. The second kappa shape index (κ2) is 9.01. The Balaban J connectivity index is 1.43. The molecule has 0 atom stereocenters. The van der Waals surface area contributed by atoms with Crippen molar-refractivity contribution in [2.24, 2.45) is 0 Å². The summed E-state index contributed by atoms with van der Waals surface area (Å²) in [5, 5.41) is 18.7. The molecule has 0 radical (unpaired) electrons. The molecule has 38 heavy (non-hydrogen) atoms. The summed E-state index contributed by atoms with van der Waals surface area (Å²) in [5.74, 6) is -0.432. The molecule has 0 aliphatic carbocycles. The van der Waals surface area contributed by atoms with Crippen molar-refractivity contribution in [1.82, 2.24) is 34.9 Å². The van der Waals surface area contributed by atoms with Crippen LogP contribution in [-0.4, -0.2) is 49.9 Å². The van der Waals surface area contributed by atoms with Crippen LogP contribution in [0.4, 0.5) is 4.39 Å². The van der Waals surface area contributed by atoms with Gasteiger partial charge in [0, 0.05) is 52.6 Å². The van der Waals surface area contributed by atoms with Crippen LogP contribution in [0.5, 0.6) is 5.75 Å². The first-order valence-electron chi connectivity index (χ1n) is 11.4. The Bertz CT molecular complexity index is 1950. The lowest BCUT2D eigenvalue weighted by atomic mass is 10.0. The summed E-state index contributed by atoms with van der Waals surface area (Å²) in [6, 6.07) is 9.85. The Labute approximate surface area is 215 Å². The van der Waals surface area contributed by atoms with Crippen molar-refractivity contribution in [3.63, 3.8) is 0 Å². The zero-order chi connectivity index (χ0) is 26.4. The maximum Gasteiger partial charge on any atom is 0.209 e. The number of hydrogen-bond acceptors (Lipinski definition) is 7. The molecule has 4 N–H and O–H groups in total. The van der Waals surface area contributed by atoms with E-state index in [2.05, 4.69) is 34.9 Å². The number of fused-ring (bicyclic) bond motifs is 2. The summed E-state index contributed by atoms with van der Waals surface area (Å²) in [4.78, 5) is 16.1. The van der Waals surface area contributed by atoms with Gasteiger partial charge in [-0.15, -0.1) is 0 Å². The third-order valence-electron chi connectivity index (χ3n) is 6.09. The van der Waals surface area contributed by atoms with Crippen molar-refractivity contribution in [2.75, 3.05) is 6.26 Å². The van der Waals surface area contributed by atoms with Gasteiger partial charge in [0.2, 0.25) is 10.0 Å². The number of aromatic nitrogens is 6. The van der Waals surface area contributed by atoms with Gasteiger partial charge in [-0.05, 0) is 47.5 Å². The topological polar surface area (TPSA) is 150 Å². The third-order valence-corrected chi connectivity index (χ3v) is 6.76. The smallest absolute Gasteiger partial charge is 0.209 e. The van der Waals surface area contributed by atoms with E-state index in [1.807, 2.05) is 12.1 Å². The van der Waals surface area contributed by atoms with Crippen molar-refractivity contribution >= 4 is 32.0 Å². The van der Waals surface area contributed by atoms with Gasteiger partial charge in [-0.25, -0.2) is 22.5 Å². The number of nitrogens with zero attached hydrogens (tertiary/aromatic N) is 4. The highest BCUT2D eigenvalue weighted by Crippen LogP contribution is 2.35. The Kier molecular flexibility index (Phi) is 5.62. The SMILES string of the molecule is CS(=O)(=O)NCc1cc(F)cc(-c2cncc3[nH]c(-c4[nH]nc5ncc(-c6cncc(O)c6)cc45)cc23)c1. The number of hydrogen-bond donors (Lipinski definition) is 4. The van der Waals surface area contributed by atoms with Crippen molar-refractivity contribution in [1.29, 1.82) is 0 Å². The first-order valence-corrected chi connectivity index (χ1v) is 13.3. The van der Waals surface area contributed by atoms with E-state index >= 15 is 0 Å². The van der Waals surface area contributed by atoms with E-state index in [-0.39, 0.29) is 12.3 Å². The van der Waals surface area contributed by atoms with Crippen molar-refractivity contribution in [3.05, 3.63) is 78.8 Å². The Morgan fingerprint density at radius 2 is 1.74 bits per heavy atom. The van der Waals surface area contributed by atoms with E-state index in [1.54, 1.807) is 36.9 Å². The van der Waals surface area contributed by atoms with E-state index in [4.69, 9.17) is 0 Å². The normalized spacial score (nSPS) is 11.9. The van der Waals surface area contributed by atoms with Crippen LogP contribution in [0.3, 0.4) is 0 Å². The molecule has 5 aromatic heterocycles. The number of benzene rings is 1. The van der Waals surface area contributed by atoms with Crippen molar-refractivity contribution in [3.8, 4) is 39.4 Å². The largest absolute Gasteiger partial charge is 0.506 e. The standard InChI is InChI=1S/C26H20FN7O3S/c1-38(36,37)31-8-14-2-15(4-18(27)3-14)22-12-29-13-24-20(22)7-23(32-24)25-21-6-17(10-30-26(21)34-33-25)16-5-19(35)11-28-9-16/h2-7,9-13,31-32,35H,8H2,1H3,(H,30,33,34). The molecule has 1 aromatic carbocycles. The molecule has 0 saturated carbocycles. The lowest BCUT2D eigenvalue weighted by molar-refractivity contribution is 0.473. The predicted molar refractivity (Wildman–Crippen MR) is 141 cm³/mol. The van der Waals surface area contributed by atoms with Gasteiger partial charge in [-0.1, -0.05) is 0 Å². The fraction of sp³-hybridized carbons (Fsp3) is 0.0769. The molecule has 10 nitrogen and oxygen atoms in total. The van der Waals surface area contributed by atoms with Crippen LogP contribution in [0.1, 0.15) is 5.56 Å². The first kappa shape index (κ1) is 23.7. The number of pyridine rings is 3. The second-order valence-corrected chi connectivity index (χ2v) is 10.7. The van der Waals surface area contributed by atoms with Crippen LogP contribution in [0, 0.1) is 5.82 Å². The van der Waals surface area contributed by atoms with Crippen molar-refractivity contribution < 1.29 is 17.9 Å². The molecule has 190 valence electrons. The van der Waals surface area contributed by atoms with Gasteiger partial charge in [0.05, 0.1) is 35.6 Å². The highest BCUT2D eigenvalue weighted by molar-refractivity contribution is 7.88. The average Bonchev–Trinajstić information content (AvgIpc) is 3.50.